The zero-order chi connectivity index (χ0) is 15.3. The Balaban J connectivity index is 2.12. The summed E-state index contributed by atoms with van der Waals surface area (Å²) in [5.74, 6) is 0.906. The quantitative estimate of drug-likeness (QED) is 0.752. The summed E-state index contributed by atoms with van der Waals surface area (Å²) in [5, 5.41) is 0. The Morgan fingerprint density at radius 2 is 1.86 bits per heavy atom. The predicted molar refractivity (Wildman–Crippen MR) is 86.5 cm³/mol. The van der Waals surface area contributed by atoms with E-state index in [0.717, 1.165) is 18.4 Å². The number of halogens is 1. The zero-order valence-electron chi connectivity index (χ0n) is 12.4. The van der Waals surface area contributed by atoms with Gasteiger partial charge in [0.05, 0.1) is 0 Å². The van der Waals surface area contributed by atoms with Gasteiger partial charge in [-0.3, -0.25) is 0 Å². The first kappa shape index (κ1) is 16.7. The van der Waals surface area contributed by atoms with Gasteiger partial charge in [0, 0.05) is 32.1 Å². The fourth-order valence-electron chi connectivity index (χ4n) is 2.54. The van der Waals surface area contributed by atoms with E-state index in [1.165, 1.54) is 4.31 Å². The Bertz CT molecular complexity index is 528. The third-order valence-corrected chi connectivity index (χ3v) is 6.08. The van der Waals surface area contributed by atoms with Gasteiger partial charge in [0.25, 0.3) is 10.2 Å². The van der Waals surface area contributed by atoms with E-state index in [1.54, 1.807) is 4.31 Å². The molecule has 21 heavy (non-hydrogen) atoms. The van der Waals surface area contributed by atoms with Crippen molar-refractivity contribution >= 4 is 21.8 Å². The largest absolute Gasteiger partial charge is 0.282 e. The number of piperidine rings is 1. The lowest BCUT2D eigenvalue weighted by molar-refractivity contribution is 0.264. The number of nitrogens with zero attached hydrogens (tertiary/aromatic N) is 2. The van der Waals surface area contributed by atoms with Crippen LogP contribution in [0.25, 0.3) is 0 Å². The molecule has 4 nitrogen and oxygen atoms in total. The normalized spacial score (nSPS) is 18.2. The minimum Gasteiger partial charge on any atom is -0.195 e. The molecule has 0 N–H and O–H groups in total. The standard InChI is InChI=1S/C15H23ClN2O2S/c1-14-7-10-17(11-8-14)21(19,20)18(12-9-16)13-15-5-3-2-4-6-15/h2-6,14H,7-13H2,1H3. The number of hydrogen-bond acceptors (Lipinski definition) is 2. The minimum absolute atomic E-state index is 0.302. The SMILES string of the molecule is CC1CCN(S(=O)(=O)N(CCCl)Cc2ccccc2)CC1. The molecule has 1 saturated heterocycles. The lowest BCUT2D eigenvalue weighted by Gasteiger charge is -2.33. The third-order valence-electron chi connectivity index (χ3n) is 3.93. The molecule has 6 heteroatoms. The molecule has 1 aliphatic heterocycles. The molecule has 0 spiro atoms. The number of hydrogen-bond donors (Lipinski definition) is 0. The van der Waals surface area contributed by atoms with Crippen LogP contribution in [0.5, 0.6) is 0 Å². The van der Waals surface area contributed by atoms with Gasteiger partial charge >= 0.3 is 0 Å². The van der Waals surface area contributed by atoms with Gasteiger partial charge in [0.15, 0.2) is 0 Å². The van der Waals surface area contributed by atoms with E-state index in [2.05, 4.69) is 6.92 Å². The predicted octanol–water partition coefficient (Wildman–Crippen LogP) is 2.70. The van der Waals surface area contributed by atoms with E-state index in [9.17, 15) is 8.42 Å². The molecule has 2 rings (SSSR count). The molecule has 0 saturated carbocycles. The molecule has 1 fully saturated rings. The molecule has 0 atom stereocenters. The summed E-state index contributed by atoms with van der Waals surface area (Å²) in [6, 6.07) is 9.65. The molecule has 0 amide bonds. The van der Waals surface area contributed by atoms with Crippen molar-refractivity contribution in [2.24, 2.45) is 5.92 Å². The molecule has 1 aromatic rings. The van der Waals surface area contributed by atoms with Crippen LogP contribution in [0.15, 0.2) is 30.3 Å². The van der Waals surface area contributed by atoms with Gasteiger partial charge in [0.1, 0.15) is 0 Å². The molecule has 1 aliphatic rings. The summed E-state index contributed by atoms with van der Waals surface area (Å²) < 4.78 is 28.7. The Labute approximate surface area is 132 Å². The van der Waals surface area contributed by atoms with Crippen molar-refractivity contribution in [3.8, 4) is 0 Å². The molecular weight excluding hydrogens is 308 g/mol. The van der Waals surface area contributed by atoms with E-state index in [0.29, 0.717) is 38.0 Å². The highest BCUT2D eigenvalue weighted by molar-refractivity contribution is 7.86. The molecule has 1 aromatic carbocycles. The molecule has 0 aliphatic carbocycles. The lowest BCUT2D eigenvalue weighted by atomic mass is 10.0. The maximum Gasteiger partial charge on any atom is 0.282 e. The smallest absolute Gasteiger partial charge is 0.195 e. The average molecular weight is 331 g/mol. The number of alkyl halides is 1. The molecular formula is C15H23ClN2O2S. The Morgan fingerprint density at radius 3 is 2.43 bits per heavy atom. The van der Waals surface area contributed by atoms with Gasteiger partial charge in [-0.1, -0.05) is 37.3 Å². The van der Waals surface area contributed by atoms with Gasteiger partial charge in [-0.05, 0) is 24.3 Å². The van der Waals surface area contributed by atoms with Crippen LogP contribution in [0.4, 0.5) is 0 Å². The molecule has 0 aromatic heterocycles. The van der Waals surface area contributed by atoms with Crippen LogP contribution in [-0.2, 0) is 16.8 Å². The fourth-order valence-corrected chi connectivity index (χ4v) is 4.47. The van der Waals surface area contributed by atoms with E-state index < -0.39 is 10.2 Å². The Kier molecular flexibility index (Phi) is 6.05. The van der Waals surface area contributed by atoms with E-state index >= 15 is 0 Å². The summed E-state index contributed by atoms with van der Waals surface area (Å²) in [6.07, 6.45) is 1.86. The second-order valence-electron chi connectivity index (χ2n) is 5.60. The molecule has 118 valence electrons. The Hall–Kier alpha value is -0.620. The number of benzene rings is 1. The molecule has 1 heterocycles. The maximum absolute atomic E-state index is 12.8. The van der Waals surface area contributed by atoms with Gasteiger partial charge in [0.2, 0.25) is 0 Å². The second kappa shape index (κ2) is 7.58. The summed E-state index contributed by atoms with van der Waals surface area (Å²) in [6.45, 7) is 4.10. The van der Waals surface area contributed by atoms with Crippen molar-refractivity contribution in [2.75, 3.05) is 25.5 Å². The fraction of sp³-hybridized carbons (Fsp3) is 0.600. The monoisotopic (exact) mass is 330 g/mol. The molecule has 0 unspecified atom stereocenters. The Morgan fingerprint density at radius 1 is 1.24 bits per heavy atom. The first-order valence-corrected chi connectivity index (χ1v) is 9.32. The number of rotatable bonds is 6. The van der Waals surface area contributed by atoms with E-state index in [1.807, 2.05) is 30.3 Å². The summed E-state index contributed by atoms with van der Waals surface area (Å²) in [7, 11) is -3.43. The highest BCUT2D eigenvalue weighted by atomic mass is 35.5. The van der Waals surface area contributed by atoms with Gasteiger partial charge in [-0.2, -0.15) is 17.0 Å². The first-order valence-electron chi connectivity index (χ1n) is 7.39. The topological polar surface area (TPSA) is 40.6 Å². The lowest BCUT2D eigenvalue weighted by Crippen LogP contribution is -2.47. The highest BCUT2D eigenvalue weighted by Gasteiger charge is 2.31. The maximum atomic E-state index is 12.8. The minimum atomic E-state index is -3.43. The zero-order valence-corrected chi connectivity index (χ0v) is 14.0. The third kappa shape index (κ3) is 4.42. The molecule has 0 bridgehead atoms. The van der Waals surface area contributed by atoms with Crippen molar-refractivity contribution in [1.29, 1.82) is 0 Å². The van der Waals surface area contributed by atoms with Crippen molar-refractivity contribution in [1.82, 2.24) is 8.61 Å². The van der Waals surface area contributed by atoms with Crippen LogP contribution in [0, 0.1) is 5.92 Å². The van der Waals surface area contributed by atoms with E-state index in [-0.39, 0.29) is 0 Å². The molecule has 0 radical (unpaired) electrons. The highest BCUT2D eigenvalue weighted by Crippen LogP contribution is 2.22. The van der Waals surface area contributed by atoms with Crippen LogP contribution in [0.3, 0.4) is 0 Å². The van der Waals surface area contributed by atoms with Crippen LogP contribution in [0.1, 0.15) is 25.3 Å². The van der Waals surface area contributed by atoms with Crippen LogP contribution < -0.4 is 0 Å². The second-order valence-corrected chi connectivity index (χ2v) is 7.90. The first-order chi connectivity index (χ1) is 10.0. The summed E-state index contributed by atoms with van der Waals surface area (Å²) >= 11 is 5.81. The van der Waals surface area contributed by atoms with Crippen LogP contribution in [0.2, 0.25) is 0 Å². The van der Waals surface area contributed by atoms with Crippen molar-refractivity contribution in [3.63, 3.8) is 0 Å². The van der Waals surface area contributed by atoms with Crippen LogP contribution >= 0.6 is 11.6 Å². The van der Waals surface area contributed by atoms with Crippen molar-refractivity contribution in [2.45, 2.75) is 26.3 Å². The summed E-state index contributed by atoms with van der Waals surface area (Å²) in [5.41, 5.74) is 0.983. The van der Waals surface area contributed by atoms with Crippen molar-refractivity contribution < 1.29 is 8.42 Å². The van der Waals surface area contributed by atoms with Gasteiger partial charge in [-0.15, -0.1) is 11.6 Å². The van der Waals surface area contributed by atoms with Crippen molar-refractivity contribution in [3.05, 3.63) is 35.9 Å². The average Bonchev–Trinajstić information content (AvgIpc) is 2.48. The van der Waals surface area contributed by atoms with Gasteiger partial charge in [-0.25, -0.2) is 0 Å². The van der Waals surface area contributed by atoms with Crippen LogP contribution in [-0.4, -0.2) is 42.5 Å². The van der Waals surface area contributed by atoms with Gasteiger partial charge < -0.3 is 0 Å². The summed E-state index contributed by atoms with van der Waals surface area (Å²) in [4.78, 5) is 0. The van der Waals surface area contributed by atoms with E-state index in [4.69, 9.17) is 11.6 Å².